The van der Waals surface area contributed by atoms with E-state index in [0.29, 0.717) is 11.6 Å². The summed E-state index contributed by atoms with van der Waals surface area (Å²) in [5.74, 6) is -0.852. The van der Waals surface area contributed by atoms with Gasteiger partial charge in [0.15, 0.2) is 5.57 Å². The molecule has 2 amide bonds. The molecule has 0 aliphatic carbocycles. The molecule has 11 nitrogen and oxygen atoms in total. The second-order valence-electron chi connectivity index (χ2n) is 9.45. The van der Waals surface area contributed by atoms with Crippen molar-refractivity contribution in [3.63, 3.8) is 0 Å². The van der Waals surface area contributed by atoms with E-state index in [0.717, 1.165) is 47.8 Å². The Morgan fingerprint density at radius 2 is 1.77 bits per heavy atom. The van der Waals surface area contributed by atoms with Gasteiger partial charge >= 0.3 is 6.18 Å². The number of carbonyl (C=O) groups is 2. The smallest absolute Gasteiger partial charge is 0.369 e. The lowest BCUT2D eigenvalue weighted by Gasteiger charge is -2.35. The maximum atomic E-state index is 12.9. The third-order valence-corrected chi connectivity index (χ3v) is 7.58. The molecular formula is C28H29F3N8O3S. The monoisotopic (exact) mass is 614 g/mol. The molecule has 15 heteroatoms. The van der Waals surface area contributed by atoms with Crippen LogP contribution in [-0.2, 0) is 16.1 Å². The number of rotatable bonds is 9. The SMILES string of the molecule is CCn1c(=O)/c(=C\Nc2cccc(NC(=O)CN3CCN(c4ccccc4)CC3)n2)s/c1=C(/C#N)C(=O)NCC(F)(F)F. The fraction of sp³-hybridized carbons (Fsp3) is 0.321. The van der Waals surface area contributed by atoms with Crippen molar-refractivity contribution in [2.75, 3.05) is 54.8 Å². The second-order valence-corrected chi connectivity index (χ2v) is 10.5. The van der Waals surface area contributed by atoms with Crippen LogP contribution >= 0.6 is 11.3 Å². The molecule has 1 aliphatic rings. The first-order valence-corrected chi connectivity index (χ1v) is 14.1. The Labute approximate surface area is 248 Å². The molecule has 0 spiro atoms. The maximum Gasteiger partial charge on any atom is 0.405 e. The fourth-order valence-corrected chi connectivity index (χ4v) is 5.46. The number of aromatic nitrogens is 2. The molecule has 1 aromatic carbocycles. The first-order chi connectivity index (χ1) is 20.6. The predicted molar refractivity (Wildman–Crippen MR) is 158 cm³/mol. The average Bonchev–Trinajstić information content (AvgIpc) is 3.30. The highest BCUT2D eigenvalue weighted by molar-refractivity contribution is 7.07. The number of hydrogen-bond donors (Lipinski definition) is 3. The molecule has 4 rings (SSSR count). The third kappa shape index (κ3) is 8.43. The van der Waals surface area contributed by atoms with Crippen molar-refractivity contribution in [2.24, 2.45) is 0 Å². The van der Waals surface area contributed by atoms with E-state index in [4.69, 9.17) is 0 Å². The number of nitrogens with one attached hydrogen (secondary N) is 3. The van der Waals surface area contributed by atoms with E-state index in [9.17, 15) is 32.8 Å². The molecule has 43 heavy (non-hydrogen) atoms. The van der Waals surface area contributed by atoms with Gasteiger partial charge in [0.05, 0.1) is 6.54 Å². The molecule has 0 atom stereocenters. The maximum absolute atomic E-state index is 12.9. The number of piperazine rings is 1. The van der Waals surface area contributed by atoms with E-state index in [1.165, 1.54) is 6.20 Å². The number of benzene rings is 1. The average molecular weight is 615 g/mol. The Bertz CT molecular complexity index is 1670. The topological polar surface area (TPSA) is 135 Å². The lowest BCUT2D eigenvalue weighted by Crippen LogP contribution is -2.48. The van der Waals surface area contributed by atoms with E-state index >= 15 is 0 Å². The van der Waals surface area contributed by atoms with Gasteiger partial charge in [-0.1, -0.05) is 24.3 Å². The lowest BCUT2D eigenvalue weighted by atomic mass is 10.2. The Balaban J connectivity index is 1.41. The number of anilines is 3. The van der Waals surface area contributed by atoms with Crippen LogP contribution in [0.5, 0.6) is 0 Å². The van der Waals surface area contributed by atoms with E-state index in [2.05, 4.69) is 37.6 Å². The normalized spacial score (nSPS) is 15.0. The number of amides is 2. The third-order valence-electron chi connectivity index (χ3n) is 6.45. The van der Waals surface area contributed by atoms with Gasteiger partial charge in [-0.25, -0.2) is 4.98 Å². The highest BCUT2D eigenvalue weighted by Gasteiger charge is 2.29. The summed E-state index contributed by atoms with van der Waals surface area (Å²) in [6, 6.07) is 16.6. The molecule has 3 aromatic rings. The molecule has 226 valence electrons. The largest absolute Gasteiger partial charge is 0.405 e. The number of pyridine rings is 1. The number of hydrogen-bond acceptors (Lipinski definition) is 9. The van der Waals surface area contributed by atoms with Gasteiger partial charge in [-0.2, -0.15) is 18.4 Å². The summed E-state index contributed by atoms with van der Waals surface area (Å²) < 4.78 is 38.7. The number of nitriles is 1. The Morgan fingerprint density at radius 3 is 2.42 bits per heavy atom. The van der Waals surface area contributed by atoms with Crippen LogP contribution in [0.25, 0.3) is 11.8 Å². The summed E-state index contributed by atoms with van der Waals surface area (Å²) in [5, 5.41) is 16.8. The van der Waals surface area contributed by atoms with E-state index < -0.39 is 29.8 Å². The highest BCUT2D eigenvalue weighted by Crippen LogP contribution is 2.16. The van der Waals surface area contributed by atoms with E-state index in [1.807, 2.05) is 18.2 Å². The number of thiazole rings is 1. The highest BCUT2D eigenvalue weighted by atomic mass is 32.1. The van der Waals surface area contributed by atoms with Gasteiger partial charge in [0.1, 0.15) is 33.4 Å². The molecule has 0 bridgehead atoms. The van der Waals surface area contributed by atoms with Gasteiger partial charge in [-0.15, -0.1) is 11.3 Å². The van der Waals surface area contributed by atoms with Crippen molar-refractivity contribution in [2.45, 2.75) is 19.6 Å². The summed E-state index contributed by atoms with van der Waals surface area (Å²) in [6.45, 7) is 3.37. The van der Waals surface area contributed by atoms with Gasteiger partial charge < -0.3 is 20.9 Å². The first-order valence-electron chi connectivity index (χ1n) is 13.3. The molecule has 3 N–H and O–H groups in total. The molecule has 1 aliphatic heterocycles. The second kappa shape index (κ2) is 14.0. The first kappa shape index (κ1) is 31.3. The summed E-state index contributed by atoms with van der Waals surface area (Å²) >= 11 is 0.782. The van der Waals surface area contributed by atoms with Gasteiger partial charge in [0.2, 0.25) is 5.91 Å². The Morgan fingerprint density at radius 1 is 1.07 bits per heavy atom. The molecule has 0 radical (unpaired) electrons. The number of halogens is 3. The fourth-order valence-electron chi connectivity index (χ4n) is 4.37. The molecule has 1 saturated heterocycles. The van der Waals surface area contributed by atoms with Crippen molar-refractivity contribution in [1.29, 1.82) is 5.26 Å². The van der Waals surface area contributed by atoms with Gasteiger partial charge in [0, 0.05) is 44.6 Å². The summed E-state index contributed by atoms with van der Waals surface area (Å²) in [6.07, 6.45) is -3.33. The summed E-state index contributed by atoms with van der Waals surface area (Å²) in [4.78, 5) is 46.5. The zero-order valence-corrected chi connectivity index (χ0v) is 24.0. The van der Waals surface area contributed by atoms with Crippen molar-refractivity contribution in [1.82, 2.24) is 19.8 Å². The Kier molecular flexibility index (Phi) is 10.2. The Hall–Kier alpha value is -4.68. The predicted octanol–water partition coefficient (Wildman–Crippen LogP) is 1.29. The van der Waals surface area contributed by atoms with E-state index in [-0.39, 0.29) is 28.2 Å². The quantitative estimate of drug-likeness (QED) is 0.328. The van der Waals surface area contributed by atoms with Crippen LogP contribution < -0.4 is 35.6 Å². The number of carbonyl (C=O) groups excluding carboxylic acids is 2. The molecule has 2 aromatic heterocycles. The van der Waals surface area contributed by atoms with Gasteiger partial charge in [0.25, 0.3) is 11.5 Å². The molecule has 3 heterocycles. The number of nitrogens with zero attached hydrogens (tertiary/aromatic N) is 5. The van der Waals surface area contributed by atoms with E-state index in [1.54, 1.807) is 36.5 Å². The molecule has 0 saturated carbocycles. The van der Waals surface area contributed by atoms with Crippen LogP contribution in [0.4, 0.5) is 30.5 Å². The van der Waals surface area contributed by atoms with Crippen LogP contribution in [0.1, 0.15) is 6.92 Å². The minimum atomic E-state index is -4.65. The van der Waals surface area contributed by atoms with Crippen molar-refractivity contribution < 1.29 is 22.8 Å². The zero-order chi connectivity index (χ0) is 31.0. The lowest BCUT2D eigenvalue weighted by molar-refractivity contribution is -0.135. The zero-order valence-electron chi connectivity index (χ0n) is 23.1. The van der Waals surface area contributed by atoms with Crippen molar-refractivity contribution in [3.8, 4) is 6.07 Å². The molecule has 0 unspecified atom stereocenters. The number of para-hydroxylation sites is 1. The molecular weight excluding hydrogens is 585 g/mol. The standard InChI is InChI=1S/C28H29F3N8O3S/c1-2-39-26(42)21(43-27(39)20(15-32)25(41)34-18-28(29,30)31)16-33-22-9-6-10-23(35-22)36-24(40)17-37-11-13-38(14-12-37)19-7-4-3-5-8-19/h3-10,16H,2,11-14,17-18H2,1H3,(H,34,41)(H2,33,35,36,40)/b21-16+,27-20-. The molecule has 1 fully saturated rings. The number of alkyl halides is 3. The van der Waals surface area contributed by atoms with Crippen LogP contribution in [0.3, 0.4) is 0 Å². The summed E-state index contributed by atoms with van der Waals surface area (Å²) in [7, 11) is 0. The minimum Gasteiger partial charge on any atom is -0.369 e. The summed E-state index contributed by atoms with van der Waals surface area (Å²) in [5.41, 5.74) is 0.0136. The van der Waals surface area contributed by atoms with Crippen LogP contribution in [-0.4, -0.2) is 71.7 Å². The van der Waals surface area contributed by atoms with Gasteiger partial charge in [-0.05, 0) is 31.2 Å². The van der Waals surface area contributed by atoms with Crippen molar-refractivity contribution in [3.05, 3.63) is 68.1 Å². The van der Waals surface area contributed by atoms with Crippen molar-refractivity contribution >= 4 is 52.2 Å². The van der Waals surface area contributed by atoms with Crippen LogP contribution in [0.15, 0.2) is 53.3 Å². The van der Waals surface area contributed by atoms with Crippen LogP contribution in [0, 0.1) is 11.3 Å². The van der Waals surface area contributed by atoms with Crippen LogP contribution in [0.2, 0.25) is 0 Å². The van der Waals surface area contributed by atoms with Gasteiger partial charge in [-0.3, -0.25) is 23.9 Å². The minimum absolute atomic E-state index is 0.0682.